The summed E-state index contributed by atoms with van der Waals surface area (Å²) in [4.78, 5) is 26.9. The highest BCUT2D eigenvalue weighted by atomic mass is 32.1. The van der Waals surface area contributed by atoms with Crippen LogP contribution >= 0.6 is 11.3 Å². The number of carboxylic acids is 1. The first-order valence-electron chi connectivity index (χ1n) is 6.31. The minimum absolute atomic E-state index is 0.0983. The fourth-order valence-corrected chi connectivity index (χ4v) is 2.17. The topological polar surface area (TPSA) is 79.3 Å². The predicted molar refractivity (Wildman–Crippen MR) is 79.5 cm³/mol. The Bertz CT molecular complexity index is 515. The van der Waals surface area contributed by atoms with Crippen molar-refractivity contribution in [2.75, 3.05) is 0 Å². The molecule has 110 valence electrons. The zero-order chi connectivity index (χ0) is 15.3. The third-order valence-electron chi connectivity index (χ3n) is 2.78. The van der Waals surface area contributed by atoms with Crippen molar-refractivity contribution in [3.8, 4) is 0 Å². The van der Waals surface area contributed by atoms with Gasteiger partial charge in [-0.1, -0.05) is 20.8 Å². The summed E-state index contributed by atoms with van der Waals surface area (Å²) in [6.07, 6.45) is 2.91. The molecule has 0 aromatic carbocycles. The number of hydrogen-bond acceptors (Lipinski definition) is 4. The summed E-state index contributed by atoms with van der Waals surface area (Å²) >= 11 is 1.51. The van der Waals surface area contributed by atoms with E-state index < -0.39 is 12.0 Å². The van der Waals surface area contributed by atoms with Crippen LogP contribution in [0.15, 0.2) is 11.5 Å². The first-order chi connectivity index (χ1) is 9.18. The van der Waals surface area contributed by atoms with Gasteiger partial charge in [-0.25, -0.2) is 4.98 Å². The first-order valence-corrected chi connectivity index (χ1v) is 7.19. The number of hydrogen-bond donors (Lipinski definition) is 2. The van der Waals surface area contributed by atoms with E-state index in [1.54, 1.807) is 6.08 Å². The molecule has 1 aromatic heterocycles. The number of aliphatic carboxylic acids is 1. The number of nitrogens with one attached hydrogen (secondary N) is 1. The number of amides is 1. The van der Waals surface area contributed by atoms with Gasteiger partial charge in [0, 0.05) is 17.5 Å². The van der Waals surface area contributed by atoms with E-state index in [9.17, 15) is 9.59 Å². The number of carbonyl (C=O) groups is 2. The lowest BCUT2D eigenvalue weighted by atomic mass is 9.84. The largest absolute Gasteiger partial charge is 0.481 e. The third-order valence-corrected chi connectivity index (χ3v) is 3.57. The Morgan fingerprint density at radius 2 is 2.15 bits per heavy atom. The zero-order valence-corrected chi connectivity index (χ0v) is 13.0. The molecule has 0 fully saturated rings. The second-order valence-corrected chi connectivity index (χ2v) is 6.71. The molecule has 6 heteroatoms. The van der Waals surface area contributed by atoms with Crippen molar-refractivity contribution < 1.29 is 14.7 Å². The molecule has 0 radical (unpaired) electrons. The van der Waals surface area contributed by atoms with Crippen LogP contribution in [-0.4, -0.2) is 28.0 Å². The van der Waals surface area contributed by atoms with Gasteiger partial charge in [0.25, 0.3) is 0 Å². The molecular formula is C14H20N2O3S. The molecule has 0 spiro atoms. The highest BCUT2D eigenvalue weighted by molar-refractivity contribution is 7.09. The van der Waals surface area contributed by atoms with Crippen molar-refractivity contribution in [3.05, 3.63) is 22.2 Å². The number of carbonyl (C=O) groups excluding carboxylic acids is 1. The van der Waals surface area contributed by atoms with Crippen molar-refractivity contribution in [1.82, 2.24) is 10.3 Å². The summed E-state index contributed by atoms with van der Waals surface area (Å²) in [7, 11) is 0. The molecule has 0 aliphatic rings. The maximum Gasteiger partial charge on any atom is 0.305 e. The van der Waals surface area contributed by atoms with E-state index in [4.69, 9.17) is 5.11 Å². The van der Waals surface area contributed by atoms with Crippen molar-refractivity contribution >= 4 is 29.3 Å². The summed E-state index contributed by atoms with van der Waals surface area (Å²) < 4.78 is 0. The van der Waals surface area contributed by atoms with Gasteiger partial charge in [-0.3, -0.25) is 9.59 Å². The van der Waals surface area contributed by atoms with Crippen LogP contribution in [0.25, 0.3) is 6.08 Å². The van der Waals surface area contributed by atoms with Gasteiger partial charge in [-0.15, -0.1) is 11.3 Å². The Balaban J connectivity index is 2.66. The Hall–Kier alpha value is -1.69. The molecule has 0 aliphatic carbocycles. The molecule has 0 saturated carbocycles. The molecular weight excluding hydrogens is 276 g/mol. The molecule has 0 aliphatic heterocycles. The number of rotatable bonds is 5. The molecule has 1 aromatic rings. The minimum Gasteiger partial charge on any atom is -0.481 e. The minimum atomic E-state index is -0.927. The van der Waals surface area contributed by atoms with Crippen LogP contribution in [0.1, 0.15) is 37.9 Å². The molecule has 1 rings (SSSR count). The van der Waals surface area contributed by atoms with Gasteiger partial charge in [-0.05, 0) is 18.4 Å². The second-order valence-electron chi connectivity index (χ2n) is 5.65. The SMILES string of the molecule is Cc1nc(/C=C/C(=O)NC(CC(=O)O)C(C)(C)C)cs1. The van der Waals surface area contributed by atoms with Crippen LogP contribution < -0.4 is 5.32 Å². The molecule has 2 N–H and O–H groups in total. The zero-order valence-electron chi connectivity index (χ0n) is 12.1. The van der Waals surface area contributed by atoms with Crippen LogP contribution in [0.5, 0.6) is 0 Å². The Morgan fingerprint density at radius 3 is 2.60 bits per heavy atom. The van der Waals surface area contributed by atoms with Crippen molar-refractivity contribution in [1.29, 1.82) is 0 Å². The van der Waals surface area contributed by atoms with Crippen LogP contribution in [0.4, 0.5) is 0 Å². The smallest absolute Gasteiger partial charge is 0.305 e. The standard InChI is InChI=1S/C14H20N2O3S/c1-9-15-10(8-20-9)5-6-12(17)16-11(7-13(18)19)14(2,3)4/h5-6,8,11H,7H2,1-4H3,(H,16,17)(H,18,19)/b6-5+. The normalized spacial score (nSPS) is 13.4. The van der Waals surface area contributed by atoms with E-state index in [0.717, 1.165) is 10.7 Å². The third kappa shape index (κ3) is 5.52. The number of aromatic nitrogens is 1. The molecule has 5 nitrogen and oxygen atoms in total. The monoisotopic (exact) mass is 296 g/mol. The number of aryl methyl sites for hydroxylation is 1. The molecule has 0 bridgehead atoms. The summed E-state index contributed by atoms with van der Waals surface area (Å²) in [6.45, 7) is 7.59. The van der Waals surface area contributed by atoms with Gasteiger partial charge >= 0.3 is 5.97 Å². The van der Waals surface area contributed by atoms with Gasteiger partial charge in [0.05, 0.1) is 17.1 Å². The van der Waals surface area contributed by atoms with Crippen molar-refractivity contribution in [2.24, 2.45) is 5.41 Å². The lowest BCUT2D eigenvalue weighted by Crippen LogP contribution is -2.44. The van der Waals surface area contributed by atoms with Gasteiger partial charge in [0.2, 0.25) is 5.91 Å². The second kappa shape index (κ2) is 6.65. The summed E-state index contributed by atoms with van der Waals surface area (Å²) in [5.41, 5.74) is 0.409. The lowest BCUT2D eigenvalue weighted by Gasteiger charge is -2.29. The van der Waals surface area contributed by atoms with E-state index in [0.29, 0.717) is 0 Å². The highest BCUT2D eigenvalue weighted by Gasteiger charge is 2.27. The molecule has 1 unspecified atom stereocenters. The van der Waals surface area contributed by atoms with E-state index in [2.05, 4.69) is 10.3 Å². The molecule has 1 amide bonds. The summed E-state index contributed by atoms with van der Waals surface area (Å²) in [5, 5.41) is 14.4. The summed E-state index contributed by atoms with van der Waals surface area (Å²) in [5.74, 6) is -1.24. The Labute approximate surface area is 122 Å². The van der Waals surface area contributed by atoms with Crippen LogP contribution in [0, 0.1) is 12.3 Å². The van der Waals surface area contributed by atoms with Crippen LogP contribution in [0.2, 0.25) is 0 Å². The Morgan fingerprint density at radius 1 is 1.50 bits per heavy atom. The van der Waals surface area contributed by atoms with E-state index in [1.807, 2.05) is 33.1 Å². The van der Waals surface area contributed by atoms with E-state index >= 15 is 0 Å². The lowest BCUT2D eigenvalue weighted by molar-refractivity contribution is -0.138. The maximum absolute atomic E-state index is 11.8. The number of nitrogens with zero attached hydrogens (tertiary/aromatic N) is 1. The number of carboxylic acid groups (broad SMARTS) is 1. The summed E-state index contributed by atoms with van der Waals surface area (Å²) in [6, 6.07) is -0.422. The Kier molecular flexibility index (Phi) is 5.44. The number of thiazole rings is 1. The fourth-order valence-electron chi connectivity index (χ4n) is 1.59. The molecule has 1 heterocycles. The molecule has 1 atom stereocenters. The quantitative estimate of drug-likeness (QED) is 0.818. The van der Waals surface area contributed by atoms with E-state index in [1.165, 1.54) is 17.4 Å². The van der Waals surface area contributed by atoms with Gasteiger partial charge < -0.3 is 10.4 Å². The van der Waals surface area contributed by atoms with Crippen molar-refractivity contribution in [2.45, 2.75) is 40.2 Å². The maximum atomic E-state index is 11.8. The van der Waals surface area contributed by atoms with Gasteiger partial charge in [0.15, 0.2) is 0 Å². The van der Waals surface area contributed by atoms with E-state index in [-0.39, 0.29) is 17.7 Å². The van der Waals surface area contributed by atoms with Gasteiger partial charge in [0.1, 0.15) is 0 Å². The first kappa shape index (κ1) is 16.4. The van der Waals surface area contributed by atoms with Crippen LogP contribution in [-0.2, 0) is 9.59 Å². The highest BCUT2D eigenvalue weighted by Crippen LogP contribution is 2.21. The average molecular weight is 296 g/mol. The average Bonchev–Trinajstić information content (AvgIpc) is 2.70. The van der Waals surface area contributed by atoms with Crippen LogP contribution in [0.3, 0.4) is 0 Å². The van der Waals surface area contributed by atoms with Crippen molar-refractivity contribution in [3.63, 3.8) is 0 Å². The molecule has 20 heavy (non-hydrogen) atoms. The molecule has 0 saturated heterocycles. The predicted octanol–water partition coefficient (Wildman–Crippen LogP) is 2.47. The fraction of sp³-hybridized carbons (Fsp3) is 0.500. The van der Waals surface area contributed by atoms with Gasteiger partial charge in [-0.2, -0.15) is 0 Å².